The fraction of sp³-hybridized carbons (Fsp3) is 0.286. The zero-order chi connectivity index (χ0) is 19.6. The maximum Gasteiger partial charge on any atom is 0.237 e. The molecule has 0 aliphatic rings. The van der Waals surface area contributed by atoms with Crippen LogP contribution >= 0.6 is 11.8 Å². The predicted molar refractivity (Wildman–Crippen MR) is 111 cm³/mol. The van der Waals surface area contributed by atoms with Gasteiger partial charge >= 0.3 is 0 Å². The molecule has 1 amide bonds. The zero-order valence-corrected chi connectivity index (χ0v) is 17.1. The number of thioether (sulfide) groups is 1. The number of aryl methyl sites for hydroxylation is 3. The highest BCUT2D eigenvalue weighted by Gasteiger charge is 2.20. The second-order valence-electron chi connectivity index (χ2n) is 6.75. The standard InChI is InChI=1S/C21H24N4OS/c1-13-11-14(2)18(15(3)12-13)22-20(26)16(4)27-21-24-23-19(25(21)5)17-9-7-6-8-10-17/h6-12,16H,1-5H3,(H,22,26)/t16-/m0/s1. The first-order valence-corrected chi connectivity index (χ1v) is 9.75. The molecule has 0 aliphatic heterocycles. The molecule has 1 N–H and O–H groups in total. The fourth-order valence-corrected chi connectivity index (χ4v) is 3.88. The molecule has 3 aromatic rings. The first kappa shape index (κ1) is 19.2. The molecule has 2 aromatic carbocycles. The molecule has 1 atom stereocenters. The molecular formula is C21H24N4OS. The Bertz CT molecular complexity index is 943. The fourth-order valence-electron chi connectivity index (χ4n) is 3.07. The van der Waals surface area contributed by atoms with Gasteiger partial charge in [0.15, 0.2) is 11.0 Å². The first-order chi connectivity index (χ1) is 12.9. The number of amides is 1. The second-order valence-corrected chi connectivity index (χ2v) is 8.06. The third-order valence-electron chi connectivity index (χ3n) is 4.44. The normalized spacial score (nSPS) is 12.0. The van der Waals surface area contributed by atoms with Gasteiger partial charge in [-0.1, -0.05) is 59.8 Å². The summed E-state index contributed by atoms with van der Waals surface area (Å²) in [4.78, 5) is 12.7. The molecule has 0 saturated heterocycles. The lowest BCUT2D eigenvalue weighted by molar-refractivity contribution is -0.115. The van der Waals surface area contributed by atoms with E-state index in [9.17, 15) is 4.79 Å². The van der Waals surface area contributed by atoms with Crippen molar-refractivity contribution >= 4 is 23.4 Å². The Labute approximate surface area is 164 Å². The molecule has 5 nitrogen and oxygen atoms in total. The first-order valence-electron chi connectivity index (χ1n) is 8.87. The number of anilines is 1. The molecule has 0 unspecified atom stereocenters. The van der Waals surface area contributed by atoms with Gasteiger partial charge in [-0.3, -0.25) is 4.79 Å². The molecule has 0 bridgehead atoms. The van der Waals surface area contributed by atoms with E-state index in [2.05, 4.69) is 34.6 Å². The lowest BCUT2D eigenvalue weighted by atomic mass is 10.1. The number of hydrogen-bond donors (Lipinski definition) is 1. The van der Waals surface area contributed by atoms with Crippen molar-refractivity contribution in [3.63, 3.8) is 0 Å². The van der Waals surface area contributed by atoms with Crippen LogP contribution in [0.4, 0.5) is 5.69 Å². The average molecular weight is 381 g/mol. The summed E-state index contributed by atoms with van der Waals surface area (Å²) in [5.74, 6) is 0.746. The van der Waals surface area contributed by atoms with Gasteiger partial charge in [-0.25, -0.2) is 0 Å². The Morgan fingerprint density at radius 1 is 1.07 bits per heavy atom. The topological polar surface area (TPSA) is 59.8 Å². The molecular weight excluding hydrogens is 356 g/mol. The average Bonchev–Trinajstić information content (AvgIpc) is 2.99. The van der Waals surface area contributed by atoms with E-state index >= 15 is 0 Å². The molecule has 0 saturated carbocycles. The van der Waals surface area contributed by atoms with Crippen LogP contribution in [0.25, 0.3) is 11.4 Å². The van der Waals surface area contributed by atoms with Crippen molar-refractivity contribution in [2.24, 2.45) is 7.05 Å². The van der Waals surface area contributed by atoms with Gasteiger partial charge in [0, 0.05) is 18.3 Å². The second kappa shape index (κ2) is 7.96. The third kappa shape index (κ3) is 4.22. The minimum absolute atomic E-state index is 0.0423. The summed E-state index contributed by atoms with van der Waals surface area (Å²) in [5.41, 5.74) is 5.23. The SMILES string of the molecule is Cc1cc(C)c(NC(=O)[C@H](C)Sc2nnc(-c3ccccc3)n2C)c(C)c1. The summed E-state index contributed by atoms with van der Waals surface area (Å²) >= 11 is 1.41. The molecule has 0 aliphatic carbocycles. The summed E-state index contributed by atoms with van der Waals surface area (Å²) in [6.45, 7) is 7.97. The van der Waals surface area contributed by atoms with Crippen LogP contribution in [0.15, 0.2) is 47.6 Å². The van der Waals surface area contributed by atoms with E-state index in [1.54, 1.807) is 0 Å². The summed E-state index contributed by atoms with van der Waals surface area (Å²) in [6.07, 6.45) is 0. The largest absolute Gasteiger partial charge is 0.325 e. The van der Waals surface area contributed by atoms with Gasteiger partial charge in [0.25, 0.3) is 0 Å². The van der Waals surface area contributed by atoms with Crippen LogP contribution in [0, 0.1) is 20.8 Å². The van der Waals surface area contributed by atoms with Crippen molar-refractivity contribution in [1.82, 2.24) is 14.8 Å². The minimum Gasteiger partial charge on any atom is -0.325 e. The Morgan fingerprint density at radius 3 is 2.33 bits per heavy atom. The molecule has 3 rings (SSSR count). The van der Waals surface area contributed by atoms with Gasteiger partial charge in [0.1, 0.15) is 0 Å². The van der Waals surface area contributed by atoms with Crippen molar-refractivity contribution in [2.75, 3.05) is 5.32 Å². The Balaban J connectivity index is 1.73. The van der Waals surface area contributed by atoms with Gasteiger partial charge in [-0.2, -0.15) is 0 Å². The molecule has 6 heteroatoms. The van der Waals surface area contributed by atoms with Crippen LogP contribution in [-0.4, -0.2) is 25.9 Å². The van der Waals surface area contributed by atoms with Crippen molar-refractivity contribution in [3.05, 3.63) is 59.2 Å². The van der Waals surface area contributed by atoms with E-state index in [0.717, 1.165) is 28.2 Å². The van der Waals surface area contributed by atoms with Gasteiger partial charge in [-0.05, 0) is 38.8 Å². The van der Waals surface area contributed by atoms with Crippen LogP contribution in [-0.2, 0) is 11.8 Å². The van der Waals surface area contributed by atoms with Crippen LogP contribution in [0.1, 0.15) is 23.6 Å². The van der Waals surface area contributed by atoms with E-state index in [4.69, 9.17) is 0 Å². The molecule has 0 spiro atoms. The predicted octanol–water partition coefficient (Wildman–Crippen LogP) is 4.53. The van der Waals surface area contributed by atoms with Crippen molar-refractivity contribution in [3.8, 4) is 11.4 Å². The number of aromatic nitrogens is 3. The number of benzene rings is 2. The van der Waals surface area contributed by atoms with Crippen molar-refractivity contribution in [1.29, 1.82) is 0 Å². The number of carbonyl (C=O) groups excluding carboxylic acids is 1. The Kier molecular flexibility index (Phi) is 5.65. The highest BCUT2D eigenvalue weighted by Crippen LogP contribution is 2.27. The molecule has 27 heavy (non-hydrogen) atoms. The quantitative estimate of drug-likeness (QED) is 0.661. The van der Waals surface area contributed by atoms with Gasteiger partial charge < -0.3 is 9.88 Å². The van der Waals surface area contributed by atoms with Crippen molar-refractivity contribution < 1.29 is 4.79 Å². The van der Waals surface area contributed by atoms with Gasteiger partial charge in [-0.15, -0.1) is 10.2 Å². The number of hydrogen-bond acceptors (Lipinski definition) is 4. The lowest BCUT2D eigenvalue weighted by Gasteiger charge is -2.16. The zero-order valence-electron chi connectivity index (χ0n) is 16.3. The molecule has 0 fully saturated rings. The van der Waals surface area contributed by atoms with Gasteiger partial charge in [0.2, 0.25) is 5.91 Å². The van der Waals surface area contributed by atoms with Crippen LogP contribution in [0.2, 0.25) is 0 Å². The molecule has 1 aromatic heterocycles. The minimum atomic E-state index is -0.295. The summed E-state index contributed by atoms with van der Waals surface area (Å²) in [5, 5.41) is 12.0. The lowest BCUT2D eigenvalue weighted by Crippen LogP contribution is -2.23. The summed E-state index contributed by atoms with van der Waals surface area (Å²) in [7, 11) is 1.92. The highest BCUT2D eigenvalue weighted by molar-refractivity contribution is 8.00. The van der Waals surface area contributed by atoms with E-state index in [1.165, 1.54) is 17.3 Å². The maximum atomic E-state index is 12.7. The van der Waals surface area contributed by atoms with Crippen LogP contribution in [0.3, 0.4) is 0 Å². The molecule has 140 valence electrons. The Hall–Kier alpha value is -2.60. The number of carbonyl (C=O) groups is 1. The summed E-state index contributed by atoms with van der Waals surface area (Å²) < 4.78 is 1.92. The van der Waals surface area contributed by atoms with Crippen molar-refractivity contribution in [2.45, 2.75) is 38.1 Å². The number of rotatable bonds is 5. The molecule has 0 radical (unpaired) electrons. The summed E-state index contributed by atoms with van der Waals surface area (Å²) in [6, 6.07) is 14.1. The monoisotopic (exact) mass is 380 g/mol. The Morgan fingerprint density at radius 2 is 1.70 bits per heavy atom. The van der Waals surface area contributed by atoms with E-state index in [-0.39, 0.29) is 11.2 Å². The number of nitrogens with one attached hydrogen (secondary N) is 1. The van der Waals surface area contributed by atoms with E-state index in [1.807, 2.05) is 62.7 Å². The van der Waals surface area contributed by atoms with Crippen LogP contribution < -0.4 is 5.32 Å². The third-order valence-corrected chi connectivity index (χ3v) is 5.58. The van der Waals surface area contributed by atoms with Gasteiger partial charge in [0.05, 0.1) is 5.25 Å². The van der Waals surface area contributed by atoms with E-state index < -0.39 is 0 Å². The molecule has 1 heterocycles. The smallest absolute Gasteiger partial charge is 0.237 e. The van der Waals surface area contributed by atoms with Crippen LogP contribution in [0.5, 0.6) is 0 Å². The number of nitrogens with zero attached hydrogens (tertiary/aromatic N) is 3. The van der Waals surface area contributed by atoms with E-state index in [0.29, 0.717) is 5.16 Å². The maximum absolute atomic E-state index is 12.7. The highest BCUT2D eigenvalue weighted by atomic mass is 32.2.